The van der Waals surface area contributed by atoms with Crippen LogP contribution in [0.3, 0.4) is 0 Å². The van der Waals surface area contributed by atoms with Gasteiger partial charge >= 0.3 is 11.9 Å². The van der Waals surface area contributed by atoms with Crippen LogP contribution in [0, 0.1) is 45.9 Å². The van der Waals surface area contributed by atoms with Crippen LogP contribution in [-0.2, 0) is 12.8 Å². The molecule has 0 heterocycles. The fraction of sp³-hybridized carbons (Fsp3) is 0.365. The van der Waals surface area contributed by atoms with Crippen molar-refractivity contribution in [2.75, 3.05) is 5.34 Å². The van der Waals surface area contributed by atoms with Crippen molar-refractivity contribution in [1.29, 1.82) is 10.5 Å². The first-order valence-corrected chi connectivity index (χ1v) is 27.3. The Morgan fingerprint density at radius 2 is 0.763 bits per heavy atom. The number of esters is 1. The summed E-state index contributed by atoms with van der Waals surface area (Å²) in [6.07, 6.45) is 26.4. The summed E-state index contributed by atoms with van der Waals surface area (Å²) < 4.78 is 57.5. The number of alkyl halides is 2. The minimum Gasteiger partial charge on any atom is -0.508 e. The van der Waals surface area contributed by atoms with E-state index in [1.165, 1.54) is 139 Å². The molecule has 13 heteroatoms. The quantitative estimate of drug-likeness (QED) is 0.0192. The first kappa shape index (κ1) is 63.6. The van der Waals surface area contributed by atoms with Gasteiger partial charge in [-0.1, -0.05) is 189 Å². The minimum atomic E-state index is -1.07. The van der Waals surface area contributed by atoms with E-state index in [2.05, 4.69) is 62.4 Å². The number of unbranched alkanes of at least 4 members (excludes halogenated alkanes) is 16. The number of carbonyl (C=O) groups excluding carboxylic acids is 1. The third-order valence-electron chi connectivity index (χ3n) is 12.4. The van der Waals surface area contributed by atoms with Crippen LogP contribution in [0.15, 0.2) is 121 Å². The third-order valence-corrected chi connectivity index (χ3v) is 12.4. The first-order valence-electron chi connectivity index (χ1n) is 26.2. The largest absolute Gasteiger partial charge is 0.508 e. The van der Waals surface area contributed by atoms with Crippen molar-refractivity contribution in [3.63, 3.8) is 0 Å². The highest BCUT2D eigenvalue weighted by atomic mass is 35.5. The topological polar surface area (TPSA) is 131 Å². The van der Waals surface area contributed by atoms with Gasteiger partial charge in [0.1, 0.15) is 58.0 Å². The Labute approximate surface area is 457 Å². The number of aromatic hydroxyl groups is 1. The number of aryl methyl sites for hydroxylation is 2. The predicted molar refractivity (Wildman–Crippen MR) is 298 cm³/mol. The number of carboxylic acids is 1. The molecular weight excluding hydrogens is 1010 g/mol. The van der Waals surface area contributed by atoms with E-state index >= 15 is 0 Å². The number of ether oxygens (including phenoxy) is 1. The molecule has 6 aromatic carbocycles. The summed E-state index contributed by atoms with van der Waals surface area (Å²) in [5.74, 6) is -6.68. The van der Waals surface area contributed by atoms with Crippen molar-refractivity contribution < 1.29 is 42.1 Å². The van der Waals surface area contributed by atoms with E-state index in [9.17, 15) is 27.2 Å². The van der Waals surface area contributed by atoms with Crippen molar-refractivity contribution in [3.8, 4) is 45.9 Å². The van der Waals surface area contributed by atoms with Gasteiger partial charge in [0.15, 0.2) is 0 Å². The fourth-order valence-electron chi connectivity index (χ4n) is 8.16. The third kappa shape index (κ3) is 23.9. The summed E-state index contributed by atoms with van der Waals surface area (Å²) in [6, 6.07) is 36.8. The fourth-order valence-corrected chi connectivity index (χ4v) is 8.16. The highest BCUT2D eigenvalue weighted by molar-refractivity contribution is 6.40. The number of nitriles is 2. The number of halogens is 6. The summed E-state index contributed by atoms with van der Waals surface area (Å²) in [7, 11) is 0. The number of benzene rings is 6. The molecule has 0 atom stereocenters. The molecule has 0 spiro atoms. The van der Waals surface area contributed by atoms with Gasteiger partial charge in [-0.15, -0.1) is 23.2 Å². The van der Waals surface area contributed by atoms with E-state index in [1.807, 2.05) is 24.3 Å². The van der Waals surface area contributed by atoms with E-state index in [0.29, 0.717) is 17.7 Å². The Morgan fingerprint density at radius 1 is 0.474 bits per heavy atom. The number of phenolic OH excluding ortho intramolecular Hbond substituents is 1. The zero-order chi connectivity index (χ0) is 55.5. The highest BCUT2D eigenvalue weighted by Gasteiger charge is 2.16. The van der Waals surface area contributed by atoms with Crippen molar-refractivity contribution in [2.24, 2.45) is 0 Å². The summed E-state index contributed by atoms with van der Waals surface area (Å²) in [6.45, 7) is 4.51. The Hall–Kier alpha value is -6.66. The average molecular weight is 1080 g/mol. The zero-order valence-corrected chi connectivity index (χ0v) is 45.2. The summed E-state index contributed by atoms with van der Waals surface area (Å²) >= 11 is 9.53. The molecule has 0 unspecified atom stereocenters. The molecule has 0 aliphatic rings. The van der Waals surface area contributed by atoms with Gasteiger partial charge in [-0.2, -0.15) is 10.5 Å². The van der Waals surface area contributed by atoms with Crippen LogP contribution in [-0.4, -0.2) is 27.5 Å². The molecule has 6 aromatic rings. The van der Waals surface area contributed by atoms with Crippen molar-refractivity contribution in [2.45, 2.75) is 142 Å². The van der Waals surface area contributed by atoms with Gasteiger partial charge in [0, 0.05) is 24.3 Å². The lowest BCUT2D eigenvalue weighted by molar-refractivity contribution is 0.0694. The number of phenols is 1. The Bertz CT molecular complexity index is 2680. The number of rotatable bonds is 25. The second-order valence-corrected chi connectivity index (χ2v) is 19.1. The molecule has 6 rings (SSSR count). The van der Waals surface area contributed by atoms with Crippen LogP contribution >= 0.6 is 23.2 Å². The molecule has 0 amide bonds. The Kier molecular flexibility index (Phi) is 31.1. The van der Waals surface area contributed by atoms with Gasteiger partial charge in [-0.3, -0.25) is 0 Å². The van der Waals surface area contributed by atoms with Gasteiger partial charge < -0.3 is 14.9 Å². The molecule has 0 fully saturated rings. The monoisotopic (exact) mass is 1080 g/mol. The molecule has 0 aliphatic carbocycles. The van der Waals surface area contributed by atoms with E-state index in [1.54, 1.807) is 24.3 Å². The SMILES string of the molecule is CCCCCCCCCCCc1ccc(-c2ccc(C(=O)O)cc2)cc1.CCCCCCCCCCCc1ccc(-c2ccc(C(=O)Oc3cc(F)c(C#N)c(F)c3)cc2)cc1.ClCCl.N#Cc1c(F)cc(O)cc1F. The normalized spacial score (nSPS) is 10.3. The van der Waals surface area contributed by atoms with E-state index in [0.717, 1.165) is 47.2 Å². The minimum absolute atomic E-state index is 0.194. The molecule has 0 saturated heterocycles. The van der Waals surface area contributed by atoms with Gasteiger partial charge in [-0.05, 0) is 83.3 Å². The van der Waals surface area contributed by atoms with Crippen molar-refractivity contribution in [3.05, 3.63) is 178 Å². The maximum atomic E-state index is 13.7. The van der Waals surface area contributed by atoms with Crippen LogP contribution < -0.4 is 4.74 Å². The van der Waals surface area contributed by atoms with Gasteiger partial charge in [-0.25, -0.2) is 27.2 Å². The number of nitrogens with zero attached hydrogens (tertiary/aromatic N) is 2. The maximum absolute atomic E-state index is 13.7. The molecule has 2 N–H and O–H groups in total. The second kappa shape index (κ2) is 37.1. The van der Waals surface area contributed by atoms with Crippen LogP contribution in [0.1, 0.15) is 172 Å². The van der Waals surface area contributed by atoms with Crippen LogP contribution in [0.5, 0.6) is 11.5 Å². The molecule has 0 bridgehead atoms. The maximum Gasteiger partial charge on any atom is 0.343 e. The molecule has 76 heavy (non-hydrogen) atoms. The lowest BCUT2D eigenvalue weighted by Gasteiger charge is -2.08. The van der Waals surface area contributed by atoms with E-state index < -0.39 is 52.1 Å². The first-order chi connectivity index (χ1) is 36.8. The van der Waals surface area contributed by atoms with Crippen LogP contribution in [0.25, 0.3) is 22.3 Å². The summed E-state index contributed by atoms with van der Waals surface area (Å²) in [5.41, 5.74) is 6.10. The number of hydrogen-bond acceptors (Lipinski definition) is 6. The summed E-state index contributed by atoms with van der Waals surface area (Å²) in [5, 5.41) is 34.7. The molecule has 7 nitrogen and oxygen atoms in total. The molecule has 404 valence electrons. The van der Waals surface area contributed by atoms with Gasteiger partial charge in [0.05, 0.1) is 16.5 Å². The van der Waals surface area contributed by atoms with Gasteiger partial charge in [0.2, 0.25) is 0 Å². The lowest BCUT2D eigenvalue weighted by atomic mass is 10.00. The molecule has 0 radical (unpaired) electrons. The zero-order valence-electron chi connectivity index (χ0n) is 43.7. The number of aromatic carboxylic acids is 1. The second-order valence-electron chi connectivity index (χ2n) is 18.3. The smallest absolute Gasteiger partial charge is 0.343 e. The standard InChI is InChI=1S/C31H33F2NO2.C24H32O2.C7H3F2NO.CH2Cl2/c1-2-3-4-5-6-7-8-9-10-11-23-12-14-24(15-13-23)25-16-18-26(19-17-25)31(35)36-27-20-29(32)28(22-34)30(33)21-27;1-2-3-4-5-6-7-8-9-10-11-20-12-14-21(15-13-20)22-16-18-23(19-17-22)24(25)26;8-6-1-4(11)2-7(9)5(6)3-10;2-1-3/h12-21H,2-11H2,1H3;12-19H,2-11H2,1H3,(H,25,26);1-2,11H;1H2. The number of carboxylic acid groups (broad SMARTS) is 1. The predicted octanol–water partition coefficient (Wildman–Crippen LogP) is 18.9. The Morgan fingerprint density at radius 3 is 1.08 bits per heavy atom. The molecule has 0 saturated carbocycles. The van der Waals surface area contributed by atoms with Crippen LogP contribution in [0.4, 0.5) is 17.6 Å². The molecule has 0 aliphatic heterocycles. The lowest BCUT2D eigenvalue weighted by Crippen LogP contribution is -2.09. The molecule has 0 aromatic heterocycles. The van der Waals surface area contributed by atoms with E-state index in [-0.39, 0.29) is 16.7 Å². The van der Waals surface area contributed by atoms with Crippen LogP contribution in [0.2, 0.25) is 0 Å². The Balaban J connectivity index is 0.000000329. The number of hydrogen-bond donors (Lipinski definition) is 2. The molecular formula is C63H70Cl2F4N2O5. The van der Waals surface area contributed by atoms with Crippen molar-refractivity contribution in [1.82, 2.24) is 0 Å². The average Bonchev–Trinajstić information content (AvgIpc) is 3.41. The number of carbonyl (C=O) groups is 2. The summed E-state index contributed by atoms with van der Waals surface area (Å²) in [4.78, 5) is 23.3. The van der Waals surface area contributed by atoms with Crippen molar-refractivity contribution >= 4 is 35.1 Å². The highest BCUT2D eigenvalue weighted by Crippen LogP contribution is 2.26. The van der Waals surface area contributed by atoms with E-state index in [4.69, 9.17) is 48.7 Å². The van der Waals surface area contributed by atoms with Gasteiger partial charge in [0.25, 0.3) is 0 Å².